The van der Waals surface area contributed by atoms with Gasteiger partial charge in [-0.25, -0.2) is 0 Å². The maximum Gasteiger partial charge on any atom is 0.416 e. The number of H-pyrrole nitrogens is 1. The molecule has 0 spiro atoms. The van der Waals surface area contributed by atoms with E-state index in [0.29, 0.717) is 6.54 Å². The number of alkyl halides is 3. The standard InChI is InChI=1S/C19H18F3IN2/c20-19(21,22)13-6-4-12(5-7-13)18-15(3-1-2-10-24)16-11-14(23)8-9-17(16)25-18/h4-9,11,25H,1-3,10,24H2. The highest BCUT2D eigenvalue weighted by Gasteiger charge is 2.30. The van der Waals surface area contributed by atoms with Gasteiger partial charge in [-0.1, -0.05) is 12.1 Å². The van der Waals surface area contributed by atoms with Crippen molar-refractivity contribution >= 4 is 33.5 Å². The number of aromatic nitrogens is 1. The topological polar surface area (TPSA) is 41.8 Å². The van der Waals surface area contributed by atoms with Gasteiger partial charge in [-0.2, -0.15) is 13.2 Å². The van der Waals surface area contributed by atoms with Crippen LogP contribution in [0.4, 0.5) is 13.2 Å². The van der Waals surface area contributed by atoms with Gasteiger partial charge in [0.25, 0.3) is 0 Å². The molecule has 0 aliphatic carbocycles. The molecule has 1 aromatic heterocycles. The molecule has 2 nitrogen and oxygen atoms in total. The molecule has 0 atom stereocenters. The molecule has 0 saturated heterocycles. The highest BCUT2D eigenvalue weighted by atomic mass is 127. The molecule has 132 valence electrons. The number of aryl methyl sites for hydroxylation is 1. The van der Waals surface area contributed by atoms with E-state index >= 15 is 0 Å². The molecular weight excluding hydrogens is 440 g/mol. The second-order valence-corrected chi connectivity index (χ2v) is 7.23. The molecule has 0 fully saturated rings. The lowest BCUT2D eigenvalue weighted by Crippen LogP contribution is -2.04. The number of halogens is 4. The molecule has 3 N–H and O–H groups in total. The molecule has 0 unspecified atom stereocenters. The number of hydrogen-bond acceptors (Lipinski definition) is 1. The van der Waals surface area contributed by atoms with Crippen molar-refractivity contribution in [2.45, 2.75) is 25.4 Å². The minimum atomic E-state index is -4.32. The molecule has 0 aliphatic rings. The molecular formula is C19H18F3IN2. The summed E-state index contributed by atoms with van der Waals surface area (Å²) in [6.07, 6.45) is -1.61. The third-order valence-electron chi connectivity index (χ3n) is 4.25. The van der Waals surface area contributed by atoms with Crippen LogP contribution in [0.2, 0.25) is 0 Å². The highest BCUT2D eigenvalue weighted by Crippen LogP contribution is 2.35. The van der Waals surface area contributed by atoms with E-state index in [1.807, 2.05) is 12.1 Å². The number of rotatable bonds is 5. The fourth-order valence-corrected chi connectivity index (χ4v) is 3.49. The van der Waals surface area contributed by atoms with E-state index in [0.717, 1.165) is 62.7 Å². The van der Waals surface area contributed by atoms with Crippen LogP contribution >= 0.6 is 22.6 Å². The fourth-order valence-electron chi connectivity index (χ4n) is 3.00. The Morgan fingerprint density at radius 2 is 1.72 bits per heavy atom. The Morgan fingerprint density at radius 1 is 1.00 bits per heavy atom. The zero-order valence-corrected chi connectivity index (χ0v) is 15.6. The Balaban J connectivity index is 2.06. The van der Waals surface area contributed by atoms with Crippen LogP contribution in [-0.2, 0) is 12.6 Å². The van der Waals surface area contributed by atoms with Crippen LogP contribution in [0.25, 0.3) is 22.2 Å². The Labute approximate surface area is 157 Å². The summed E-state index contributed by atoms with van der Waals surface area (Å²) in [7, 11) is 0. The summed E-state index contributed by atoms with van der Waals surface area (Å²) < 4.78 is 39.5. The van der Waals surface area contributed by atoms with E-state index in [1.165, 1.54) is 12.1 Å². The second kappa shape index (κ2) is 7.37. The molecule has 1 heterocycles. The molecule has 3 aromatic rings. The van der Waals surface area contributed by atoms with Crippen LogP contribution in [0, 0.1) is 3.57 Å². The summed E-state index contributed by atoms with van der Waals surface area (Å²) in [5.41, 5.74) is 8.76. The lowest BCUT2D eigenvalue weighted by Gasteiger charge is -2.09. The van der Waals surface area contributed by atoms with Crippen LogP contribution in [0.5, 0.6) is 0 Å². The van der Waals surface area contributed by atoms with Crippen LogP contribution in [-0.4, -0.2) is 11.5 Å². The lowest BCUT2D eigenvalue weighted by molar-refractivity contribution is -0.137. The average Bonchev–Trinajstić information content (AvgIpc) is 2.92. The number of unbranched alkanes of at least 4 members (excludes halogenated alkanes) is 1. The smallest absolute Gasteiger partial charge is 0.354 e. The molecule has 0 bridgehead atoms. The Morgan fingerprint density at radius 3 is 2.36 bits per heavy atom. The molecule has 0 radical (unpaired) electrons. The fraction of sp³-hybridized carbons (Fsp3) is 0.263. The van der Waals surface area contributed by atoms with Crippen molar-refractivity contribution in [3.8, 4) is 11.3 Å². The first-order valence-corrected chi connectivity index (χ1v) is 9.16. The van der Waals surface area contributed by atoms with E-state index in [-0.39, 0.29) is 0 Å². The van der Waals surface area contributed by atoms with Crippen LogP contribution in [0.1, 0.15) is 24.0 Å². The Hall–Kier alpha value is -1.54. The molecule has 0 saturated carbocycles. The van der Waals surface area contributed by atoms with Gasteiger partial charge in [0.05, 0.1) is 5.56 Å². The van der Waals surface area contributed by atoms with Gasteiger partial charge in [-0.05, 0) is 89.9 Å². The van der Waals surface area contributed by atoms with Crippen molar-refractivity contribution in [1.82, 2.24) is 4.98 Å². The van der Waals surface area contributed by atoms with E-state index in [9.17, 15) is 13.2 Å². The molecule has 6 heteroatoms. The summed E-state index contributed by atoms with van der Waals surface area (Å²) in [5, 5.41) is 1.12. The average molecular weight is 458 g/mol. The maximum absolute atomic E-state index is 12.8. The van der Waals surface area contributed by atoms with E-state index in [2.05, 4.69) is 33.6 Å². The normalized spacial score (nSPS) is 12.0. The van der Waals surface area contributed by atoms with Gasteiger partial charge in [0.2, 0.25) is 0 Å². The van der Waals surface area contributed by atoms with Gasteiger partial charge in [0.15, 0.2) is 0 Å². The van der Waals surface area contributed by atoms with Gasteiger partial charge in [-0.15, -0.1) is 0 Å². The summed E-state index contributed by atoms with van der Waals surface area (Å²) in [6, 6.07) is 11.5. The van der Waals surface area contributed by atoms with Gasteiger partial charge < -0.3 is 10.7 Å². The van der Waals surface area contributed by atoms with Crippen LogP contribution in [0.3, 0.4) is 0 Å². The maximum atomic E-state index is 12.8. The zero-order valence-electron chi connectivity index (χ0n) is 13.5. The Bertz CT molecular complexity index is 867. The van der Waals surface area contributed by atoms with Gasteiger partial charge in [0.1, 0.15) is 0 Å². The summed E-state index contributed by atoms with van der Waals surface area (Å²) in [6.45, 7) is 0.634. The highest BCUT2D eigenvalue weighted by molar-refractivity contribution is 14.1. The molecule has 25 heavy (non-hydrogen) atoms. The van der Waals surface area contributed by atoms with Crippen molar-refractivity contribution in [3.05, 3.63) is 57.2 Å². The van der Waals surface area contributed by atoms with Crippen LogP contribution in [0.15, 0.2) is 42.5 Å². The first-order chi connectivity index (χ1) is 11.9. The zero-order chi connectivity index (χ0) is 18.0. The Kier molecular flexibility index (Phi) is 5.38. The monoisotopic (exact) mass is 458 g/mol. The minimum Gasteiger partial charge on any atom is -0.354 e. The van der Waals surface area contributed by atoms with Gasteiger partial charge in [0, 0.05) is 20.2 Å². The number of fused-ring (bicyclic) bond motifs is 1. The van der Waals surface area contributed by atoms with E-state index in [4.69, 9.17) is 5.73 Å². The second-order valence-electron chi connectivity index (χ2n) is 5.99. The van der Waals surface area contributed by atoms with Gasteiger partial charge in [-0.3, -0.25) is 0 Å². The first-order valence-electron chi connectivity index (χ1n) is 8.08. The summed E-state index contributed by atoms with van der Waals surface area (Å²) in [5.74, 6) is 0. The number of benzene rings is 2. The number of nitrogens with two attached hydrogens (primary N) is 1. The summed E-state index contributed by atoms with van der Waals surface area (Å²) >= 11 is 2.27. The van der Waals surface area contributed by atoms with Crippen molar-refractivity contribution in [2.24, 2.45) is 5.73 Å². The van der Waals surface area contributed by atoms with Crippen LogP contribution < -0.4 is 5.73 Å². The van der Waals surface area contributed by atoms with E-state index in [1.54, 1.807) is 0 Å². The van der Waals surface area contributed by atoms with Crippen molar-refractivity contribution in [3.63, 3.8) is 0 Å². The van der Waals surface area contributed by atoms with E-state index < -0.39 is 11.7 Å². The number of nitrogens with one attached hydrogen (secondary N) is 1. The number of hydrogen-bond donors (Lipinski definition) is 2. The minimum absolute atomic E-state index is 0.633. The van der Waals surface area contributed by atoms with Gasteiger partial charge >= 0.3 is 6.18 Å². The largest absolute Gasteiger partial charge is 0.416 e. The first kappa shape index (κ1) is 18.3. The van der Waals surface area contributed by atoms with Crippen molar-refractivity contribution < 1.29 is 13.2 Å². The molecule has 3 rings (SSSR count). The lowest BCUT2D eigenvalue weighted by atomic mass is 9.99. The predicted molar refractivity (Wildman–Crippen MR) is 103 cm³/mol. The predicted octanol–water partition coefficient (Wildman–Crippen LogP) is 5.74. The number of aromatic amines is 1. The molecule has 0 aliphatic heterocycles. The third kappa shape index (κ3) is 4.00. The third-order valence-corrected chi connectivity index (χ3v) is 4.92. The molecule has 2 aromatic carbocycles. The van der Waals surface area contributed by atoms with Crippen molar-refractivity contribution in [1.29, 1.82) is 0 Å². The molecule has 0 amide bonds. The van der Waals surface area contributed by atoms with Crippen molar-refractivity contribution in [2.75, 3.05) is 6.54 Å². The SMILES string of the molecule is NCCCCc1c(-c2ccc(C(F)(F)F)cc2)[nH]c2ccc(I)cc12. The summed E-state index contributed by atoms with van der Waals surface area (Å²) in [4.78, 5) is 3.38. The quantitative estimate of drug-likeness (QED) is 0.372.